The van der Waals surface area contributed by atoms with E-state index in [0.29, 0.717) is 15.0 Å². The highest BCUT2D eigenvalue weighted by atomic mass is 35.5. The summed E-state index contributed by atoms with van der Waals surface area (Å²) in [5.74, 6) is -0.204. The summed E-state index contributed by atoms with van der Waals surface area (Å²) in [6.07, 6.45) is 0. The fourth-order valence-corrected chi connectivity index (χ4v) is 4.06. The number of aromatic nitrogens is 1. The Kier molecular flexibility index (Phi) is 3.50. The summed E-state index contributed by atoms with van der Waals surface area (Å²) in [5.41, 5.74) is 0.938. The minimum absolute atomic E-state index is 0.204. The Morgan fingerprint density at radius 1 is 1.25 bits per heavy atom. The lowest BCUT2D eigenvalue weighted by Gasteiger charge is -1.98. The Morgan fingerprint density at radius 2 is 2.00 bits per heavy atom. The minimum Gasteiger partial charge on any atom is -0.297 e. The molecule has 0 saturated carbocycles. The molecule has 0 unspecified atom stereocenters. The van der Waals surface area contributed by atoms with E-state index in [9.17, 15) is 4.79 Å². The van der Waals surface area contributed by atoms with Gasteiger partial charge in [0.05, 0.1) is 10.7 Å². The predicted molar refractivity (Wildman–Crippen MR) is 86.4 cm³/mol. The monoisotopic (exact) mass is 322 g/mol. The second-order valence-corrected chi connectivity index (χ2v) is 6.99. The maximum atomic E-state index is 12.3. The van der Waals surface area contributed by atoms with Crippen LogP contribution in [0.1, 0.15) is 20.2 Å². The molecule has 2 aromatic heterocycles. The van der Waals surface area contributed by atoms with Crippen molar-refractivity contribution >= 4 is 55.4 Å². The first kappa shape index (κ1) is 13.5. The predicted octanol–water partition coefficient (Wildman–Crippen LogP) is 4.88. The smallest absolute Gasteiger partial charge is 0.269 e. The molecule has 0 saturated heterocycles. The highest BCUT2D eigenvalue weighted by molar-refractivity contribution is 7.22. The number of fused-ring (bicyclic) bond motifs is 1. The van der Waals surface area contributed by atoms with Gasteiger partial charge in [-0.15, -0.1) is 22.7 Å². The number of benzene rings is 1. The third-order valence-corrected chi connectivity index (χ3v) is 5.65. The van der Waals surface area contributed by atoms with Crippen LogP contribution in [0.5, 0.6) is 0 Å². The number of hydrogen-bond donors (Lipinski definition) is 1. The Hall–Kier alpha value is -1.43. The van der Waals surface area contributed by atoms with Crippen LogP contribution in [0.2, 0.25) is 5.02 Å². The molecular weight excluding hydrogens is 312 g/mol. The van der Waals surface area contributed by atoms with Crippen molar-refractivity contribution in [1.29, 1.82) is 0 Å². The molecule has 0 atom stereocenters. The van der Waals surface area contributed by atoms with Gasteiger partial charge in [-0.25, -0.2) is 4.98 Å². The number of hydrogen-bond acceptors (Lipinski definition) is 4. The first-order valence-electron chi connectivity index (χ1n) is 5.98. The highest BCUT2D eigenvalue weighted by Gasteiger charge is 2.18. The summed E-state index contributed by atoms with van der Waals surface area (Å²) < 4.78 is 1.01. The molecule has 0 bridgehead atoms. The van der Waals surface area contributed by atoms with Crippen LogP contribution in [-0.4, -0.2) is 10.9 Å². The summed E-state index contributed by atoms with van der Waals surface area (Å²) in [5, 5.41) is 4.85. The van der Waals surface area contributed by atoms with Gasteiger partial charge in [0.1, 0.15) is 4.88 Å². The van der Waals surface area contributed by atoms with Gasteiger partial charge in [0.15, 0.2) is 5.13 Å². The first-order valence-corrected chi connectivity index (χ1v) is 8.00. The highest BCUT2D eigenvalue weighted by Crippen LogP contribution is 2.35. The molecule has 20 heavy (non-hydrogen) atoms. The SMILES string of the molecule is Cc1nc(NC(=O)c2sc3ccccc3c2Cl)sc1C. The number of thiazole rings is 1. The molecule has 1 N–H and O–H groups in total. The Balaban J connectivity index is 1.94. The van der Waals surface area contributed by atoms with Gasteiger partial charge in [-0.2, -0.15) is 0 Å². The zero-order chi connectivity index (χ0) is 14.3. The van der Waals surface area contributed by atoms with Gasteiger partial charge in [-0.3, -0.25) is 10.1 Å². The normalized spacial score (nSPS) is 10.9. The van der Waals surface area contributed by atoms with E-state index in [4.69, 9.17) is 11.6 Å². The standard InChI is InChI=1S/C14H11ClN2OS2/c1-7-8(2)19-14(16-7)17-13(18)12-11(15)9-5-3-4-6-10(9)20-12/h3-6H,1-2H3,(H,16,17,18). The summed E-state index contributed by atoms with van der Waals surface area (Å²) in [6.45, 7) is 3.91. The molecule has 0 fully saturated rings. The number of amides is 1. The van der Waals surface area contributed by atoms with Crippen LogP contribution in [0.3, 0.4) is 0 Å². The van der Waals surface area contributed by atoms with Crippen LogP contribution < -0.4 is 5.32 Å². The zero-order valence-electron chi connectivity index (χ0n) is 10.9. The van der Waals surface area contributed by atoms with Gasteiger partial charge in [0, 0.05) is 15.0 Å². The molecule has 2 heterocycles. The van der Waals surface area contributed by atoms with Gasteiger partial charge in [0.2, 0.25) is 0 Å². The lowest BCUT2D eigenvalue weighted by molar-refractivity contribution is 0.103. The molecule has 0 radical (unpaired) electrons. The summed E-state index contributed by atoms with van der Waals surface area (Å²) in [7, 11) is 0. The van der Waals surface area contributed by atoms with E-state index in [2.05, 4.69) is 10.3 Å². The van der Waals surface area contributed by atoms with Crippen LogP contribution in [0, 0.1) is 13.8 Å². The van der Waals surface area contributed by atoms with Crippen LogP contribution in [0.15, 0.2) is 24.3 Å². The molecule has 0 aliphatic carbocycles. The Labute approximate surface area is 129 Å². The number of anilines is 1. The third kappa shape index (κ3) is 2.32. The molecule has 0 aliphatic rings. The lowest BCUT2D eigenvalue weighted by Crippen LogP contribution is -2.10. The van der Waals surface area contributed by atoms with Crippen LogP contribution >= 0.6 is 34.3 Å². The maximum Gasteiger partial charge on any atom is 0.269 e. The largest absolute Gasteiger partial charge is 0.297 e. The number of rotatable bonds is 2. The van der Waals surface area contributed by atoms with Crippen molar-refractivity contribution in [3.8, 4) is 0 Å². The van der Waals surface area contributed by atoms with Crippen LogP contribution in [0.25, 0.3) is 10.1 Å². The fourth-order valence-electron chi connectivity index (χ4n) is 1.84. The Morgan fingerprint density at radius 3 is 2.65 bits per heavy atom. The van der Waals surface area contributed by atoms with Crippen molar-refractivity contribution in [2.75, 3.05) is 5.32 Å². The number of nitrogens with zero attached hydrogens (tertiary/aromatic N) is 1. The second kappa shape index (κ2) is 5.16. The van der Waals surface area contributed by atoms with Crippen LogP contribution in [-0.2, 0) is 0 Å². The second-order valence-electron chi connectivity index (χ2n) is 4.36. The molecule has 1 aromatic carbocycles. The molecule has 0 aliphatic heterocycles. The third-order valence-electron chi connectivity index (χ3n) is 2.99. The molecular formula is C14H11ClN2OS2. The van der Waals surface area contributed by atoms with Crippen molar-refractivity contribution in [3.63, 3.8) is 0 Å². The average Bonchev–Trinajstić information content (AvgIpc) is 2.91. The van der Waals surface area contributed by atoms with Gasteiger partial charge < -0.3 is 0 Å². The minimum atomic E-state index is -0.204. The molecule has 3 rings (SSSR count). The van der Waals surface area contributed by atoms with E-state index in [0.717, 1.165) is 20.7 Å². The van der Waals surface area contributed by atoms with Crippen molar-refractivity contribution in [3.05, 3.63) is 44.7 Å². The van der Waals surface area contributed by atoms with Gasteiger partial charge in [0.25, 0.3) is 5.91 Å². The van der Waals surface area contributed by atoms with E-state index in [-0.39, 0.29) is 5.91 Å². The lowest BCUT2D eigenvalue weighted by atomic mass is 10.2. The van der Waals surface area contributed by atoms with Gasteiger partial charge >= 0.3 is 0 Å². The number of carbonyl (C=O) groups is 1. The van der Waals surface area contributed by atoms with Crippen molar-refractivity contribution in [2.45, 2.75) is 13.8 Å². The summed E-state index contributed by atoms with van der Waals surface area (Å²) >= 11 is 9.15. The van der Waals surface area contributed by atoms with Crippen molar-refractivity contribution in [1.82, 2.24) is 4.98 Å². The number of nitrogens with one attached hydrogen (secondary N) is 1. The van der Waals surface area contributed by atoms with E-state index in [1.165, 1.54) is 22.7 Å². The zero-order valence-corrected chi connectivity index (χ0v) is 13.2. The first-order chi connectivity index (χ1) is 9.56. The number of thiophene rings is 1. The van der Waals surface area contributed by atoms with E-state index in [1.807, 2.05) is 38.1 Å². The molecule has 102 valence electrons. The summed E-state index contributed by atoms with van der Waals surface area (Å²) in [6, 6.07) is 7.73. The molecule has 1 amide bonds. The molecule has 0 spiro atoms. The topological polar surface area (TPSA) is 42.0 Å². The number of halogens is 1. The van der Waals surface area contributed by atoms with Crippen LogP contribution in [0.4, 0.5) is 5.13 Å². The number of aryl methyl sites for hydroxylation is 2. The van der Waals surface area contributed by atoms with Gasteiger partial charge in [-0.05, 0) is 19.9 Å². The average molecular weight is 323 g/mol. The quantitative estimate of drug-likeness (QED) is 0.730. The van der Waals surface area contributed by atoms with E-state index < -0.39 is 0 Å². The maximum absolute atomic E-state index is 12.3. The van der Waals surface area contributed by atoms with Crippen molar-refractivity contribution < 1.29 is 4.79 Å². The molecule has 3 nitrogen and oxygen atoms in total. The summed E-state index contributed by atoms with van der Waals surface area (Å²) in [4.78, 5) is 18.2. The fraction of sp³-hybridized carbons (Fsp3) is 0.143. The Bertz CT molecular complexity index is 787. The van der Waals surface area contributed by atoms with E-state index in [1.54, 1.807) is 0 Å². The van der Waals surface area contributed by atoms with E-state index >= 15 is 0 Å². The van der Waals surface area contributed by atoms with Crippen molar-refractivity contribution in [2.24, 2.45) is 0 Å². The molecule has 3 aromatic rings. The molecule has 6 heteroatoms. The van der Waals surface area contributed by atoms with Gasteiger partial charge in [-0.1, -0.05) is 29.8 Å². The number of carbonyl (C=O) groups excluding carboxylic acids is 1.